The molecule has 0 aliphatic carbocycles. The molecule has 15 heteroatoms. The highest BCUT2D eigenvalue weighted by Gasteiger charge is 2.48. The fourth-order valence-corrected chi connectivity index (χ4v) is 5.86. The summed E-state index contributed by atoms with van der Waals surface area (Å²) >= 11 is 8.35. The van der Waals surface area contributed by atoms with Gasteiger partial charge in [-0.1, -0.05) is 46.8 Å². The zero-order valence-corrected chi connectivity index (χ0v) is 22.2. The van der Waals surface area contributed by atoms with Gasteiger partial charge in [0.15, 0.2) is 11.8 Å². The van der Waals surface area contributed by atoms with E-state index in [2.05, 4.69) is 20.3 Å². The summed E-state index contributed by atoms with van der Waals surface area (Å²) in [5.41, 5.74) is 0.228. The summed E-state index contributed by atoms with van der Waals surface area (Å²) in [4.78, 5) is 42.4. The Kier molecular flexibility index (Phi) is 8.28. The lowest BCUT2D eigenvalue weighted by molar-refractivity contribution is -0.185. The minimum absolute atomic E-state index is 0.0391. The number of hydrogen-bond donors (Lipinski definition) is 1. The molecular formula is C22H21ClN6O6S2. The van der Waals surface area contributed by atoms with Gasteiger partial charge in [-0.2, -0.15) is 5.26 Å². The first kappa shape index (κ1) is 26.8. The minimum Gasteiger partial charge on any atom is -0.463 e. The number of aromatic amines is 1. The molecule has 4 rings (SSSR count). The molecule has 0 aromatic carbocycles. The van der Waals surface area contributed by atoms with Crippen LogP contribution in [0.5, 0.6) is 0 Å². The van der Waals surface area contributed by atoms with E-state index >= 15 is 0 Å². The average molecular weight is 565 g/mol. The van der Waals surface area contributed by atoms with Crippen molar-refractivity contribution in [2.75, 3.05) is 6.61 Å². The molecule has 3 aromatic rings. The fraction of sp³-hybridized carbons (Fsp3) is 0.409. The molecule has 1 aliphatic heterocycles. The van der Waals surface area contributed by atoms with Gasteiger partial charge >= 0.3 is 16.8 Å². The molecule has 0 amide bonds. The van der Waals surface area contributed by atoms with Gasteiger partial charge in [0.05, 0.1) is 29.1 Å². The fourth-order valence-electron chi connectivity index (χ4n) is 3.90. The summed E-state index contributed by atoms with van der Waals surface area (Å²) in [5, 5.41) is 19.4. The molecule has 1 N–H and O–H groups in total. The van der Waals surface area contributed by atoms with Crippen LogP contribution in [0, 0.1) is 17.2 Å². The molecule has 2 unspecified atom stereocenters. The topological polar surface area (TPSA) is 162 Å². The van der Waals surface area contributed by atoms with Gasteiger partial charge in [-0.05, 0) is 6.07 Å². The first-order valence-electron chi connectivity index (χ1n) is 10.9. The number of thioether (sulfide) groups is 1. The van der Waals surface area contributed by atoms with E-state index in [4.69, 9.17) is 31.1 Å². The maximum Gasteiger partial charge on any atom is 0.304 e. The lowest BCUT2D eigenvalue weighted by Crippen LogP contribution is -2.52. The highest BCUT2D eigenvalue weighted by molar-refractivity contribution is 7.99. The zero-order valence-electron chi connectivity index (χ0n) is 19.8. The minimum atomic E-state index is -0.850. The van der Waals surface area contributed by atoms with Gasteiger partial charge in [-0.3, -0.25) is 14.4 Å². The van der Waals surface area contributed by atoms with Gasteiger partial charge in [-0.15, -0.1) is 5.10 Å². The van der Waals surface area contributed by atoms with Gasteiger partial charge < -0.3 is 19.2 Å². The lowest BCUT2D eigenvalue weighted by atomic mass is 9.89. The van der Waals surface area contributed by atoms with Crippen molar-refractivity contribution < 1.29 is 23.8 Å². The number of rotatable bonds is 7. The smallest absolute Gasteiger partial charge is 0.304 e. The van der Waals surface area contributed by atoms with Crippen LogP contribution in [0.25, 0.3) is 11.4 Å². The highest BCUT2D eigenvalue weighted by atomic mass is 35.5. The molecule has 12 nitrogen and oxygen atoms in total. The molecule has 1 saturated heterocycles. The van der Waals surface area contributed by atoms with Crippen molar-refractivity contribution in [2.45, 2.75) is 49.4 Å². The highest BCUT2D eigenvalue weighted by Crippen LogP contribution is 2.43. The van der Waals surface area contributed by atoms with Crippen LogP contribution in [0.1, 0.15) is 32.5 Å². The molecule has 194 valence electrons. The van der Waals surface area contributed by atoms with Crippen molar-refractivity contribution in [1.29, 1.82) is 5.26 Å². The summed E-state index contributed by atoms with van der Waals surface area (Å²) in [6.45, 7) is 4.42. The number of carbonyl (C=O) groups excluding carboxylic acids is 2. The largest absolute Gasteiger partial charge is 0.463 e. The molecule has 37 heavy (non-hydrogen) atoms. The van der Waals surface area contributed by atoms with Crippen LogP contribution in [0.3, 0.4) is 0 Å². The van der Waals surface area contributed by atoms with E-state index < -0.39 is 35.6 Å². The quantitative estimate of drug-likeness (QED) is 0.420. The monoisotopic (exact) mass is 564 g/mol. The van der Waals surface area contributed by atoms with Crippen LogP contribution in [0.4, 0.5) is 0 Å². The van der Waals surface area contributed by atoms with Crippen molar-refractivity contribution in [1.82, 2.24) is 25.0 Å². The Morgan fingerprint density at radius 2 is 2.16 bits per heavy atom. The van der Waals surface area contributed by atoms with E-state index in [-0.39, 0.29) is 28.1 Å². The van der Waals surface area contributed by atoms with Crippen molar-refractivity contribution in [3.05, 3.63) is 44.2 Å². The number of ether oxygens (including phenoxy) is 3. The second-order valence-electron chi connectivity index (χ2n) is 8.15. The predicted molar refractivity (Wildman–Crippen MR) is 133 cm³/mol. The second kappa shape index (κ2) is 11.4. The second-order valence-corrected chi connectivity index (χ2v) is 10.6. The van der Waals surface area contributed by atoms with E-state index in [1.165, 1.54) is 31.8 Å². The van der Waals surface area contributed by atoms with Gasteiger partial charge in [0.2, 0.25) is 0 Å². The summed E-state index contributed by atoms with van der Waals surface area (Å²) in [6.07, 6.45) is 1.68. The number of thiazole rings is 1. The van der Waals surface area contributed by atoms with E-state index in [0.29, 0.717) is 16.3 Å². The van der Waals surface area contributed by atoms with Gasteiger partial charge in [-0.25, -0.2) is 9.67 Å². The summed E-state index contributed by atoms with van der Waals surface area (Å²) in [5.74, 6) is -1.35. The van der Waals surface area contributed by atoms with E-state index in [9.17, 15) is 14.4 Å². The Bertz CT molecular complexity index is 1400. The molecule has 1 aliphatic rings. The van der Waals surface area contributed by atoms with Crippen molar-refractivity contribution in [3.8, 4) is 17.5 Å². The molecule has 0 bridgehead atoms. The summed E-state index contributed by atoms with van der Waals surface area (Å²) < 4.78 is 18.8. The van der Waals surface area contributed by atoms with Crippen LogP contribution in [0.15, 0.2) is 33.5 Å². The number of aromatic nitrogens is 5. The van der Waals surface area contributed by atoms with E-state index in [1.54, 1.807) is 22.3 Å². The first-order chi connectivity index (χ1) is 17.7. The number of esters is 2. The number of hydrogen-bond acceptors (Lipinski definition) is 12. The van der Waals surface area contributed by atoms with Crippen molar-refractivity contribution >= 4 is 46.6 Å². The molecule has 1 fully saturated rings. The number of nitrogens with one attached hydrogen (secondary N) is 1. The molecule has 5 atom stereocenters. The standard InChI is InChI=1S/C22H21ClN6O6S2/c1-10-18(8-33-11(2)30)35-21(37-13-4-14(23)15(5-24)25-6-13)20(34-12(3)31)19(10)29-7-16(27-28-29)17-9-36-22(32)26-17/h4,6-7,9-10,18-21H,8H2,1-3H3,(H,26,32)/t10-,18?,19?,20-,21+/m0/s1. The molecule has 0 radical (unpaired) electrons. The summed E-state index contributed by atoms with van der Waals surface area (Å²) in [7, 11) is 0. The molecule has 0 spiro atoms. The zero-order chi connectivity index (χ0) is 26.7. The Hall–Kier alpha value is -3.25. The Morgan fingerprint density at radius 1 is 1.38 bits per heavy atom. The molecule has 4 heterocycles. The number of H-pyrrole nitrogens is 1. The first-order valence-corrected chi connectivity index (χ1v) is 13.1. The van der Waals surface area contributed by atoms with E-state index in [0.717, 1.165) is 11.3 Å². The predicted octanol–water partition coefficient (Wildman–Crippen LogP) is 2.80. The third-order valence-corrected chi connectivity index (χ3v) is 7.64. The van der Waals surface area contributed by atoms with Gasteiger partial charge in [0.25, 0.3) is 0 Å². The van der Waals surface area contributed by atoms with Crippen LogP contribution in [-0.2, 0) is 23.8 Å². The van der Waals surface area contributed by atoms with Crippen molar-refractivity contribution in [3.63, 3.8) is 0 Å². The van der Waals surface area contributed by atoms with Gasteiger partial charge in [0.1, 0.15) is 23.8 Å². The maximum atomic E-state index is 12.1. The van der Waals surface area contributed by atoms with Crippen molar-refractivity contribution in [2.24, 2.45) is 5.92 Å². The Balaban J connectivity index is 1.72. The number of carbonyl (C=O) groups is 2. The molecule has 0 saturated carbocycles. The Labute approximate surface area is 223 Å². The van der Waals surface area contributed by atoms with Gasteiger partial charge in [0, 0.05) is 36.2 Å². The van der Waals surface area contributed by atoms with Crippen LogP contribution in [0.2, 0.25) is 5.02 Å². The number of nitrogens with zero attached hydrogens (tertiary/aromatic N) is 5. The third-order valence-electron chi connectivity index (χ3n) is 5.58. The third kappa shape index (κ3) is 6.19. The van der Waals surface area contributed by atoms with Crippen LogP contribution < -0.4 is 4.87 Å². The number of halogens is 1. The van der Waals surface area contributed by atoms with E-state index in [1.807, 2.05) is 13.0 Å². The number of nitriles is 1. The molecular weight excluding hydrogens is 544 g/mol. The maximum absolute atomic E-state index is 12.1. The number of pyridine rings is 1. The lowest BCUT2D eigenvalue weighted by Gasteiger charge is -2.44. The summed E-state index contributed by atoms with van der Waals surface area (Å²) in [6, 6.07) is 2.90. The molecule has 3 aromatic heterocycles. The normalized spacial score (nSPS) is 23.3. The van der Waals surface area contributed by atoms with Crippen LogP contribution >= 0.6 is 34.7 Å². The average Bonchev–Trinajstić information content (AvgIpc) is 3.49. The van der Waals surface area contributed by atoms with Crippen LogP contribution in [-0.4, -0.2) is 61.2 Å². The Morgan fingerprint density at radius 3 is 2.78 bits per heavy atom. The SMILES string of the molecule is CC(=O)OCC1O[C@H](Sc2cnc(C#N)c(Cl)c2)[C@@H](OC(C)=O)C(n2cc(-c3csc(=O)[nH]3)nn2)[C@H]1C.